The molecule has 0 aliphatic carbocycles. The van der Waals surface area contributed by atoms with E-state index in [1.807, 2.05) is 0 Å². The number of hydrogen-bond acceptors (Lipinski definition) is 5. The Morgan fingerprint density at radius 1 is 1.47 bits per heavy atom. The van der Waals surface area contributed by atoms with E-state index in [-0.39, 0.29) is 10.6 Å². The van der Waals surface area contributed by atoms with E-state index in [4.69, 9.17) is 5.11 Å². The second-order valence-electron chi connectivity index (χ2n) is 3.84. The summed E-state index contributed by atoms with van der Waals surface area (Å²) in [4.78, 5) is 21.7. The zero-order valence-corrected chi connectivity index (χ0v) is 11.4. The van der Waals surface area contributed by atoms with E-state index in [1.165, 1.54) is 18.5 Å². The van der Waals surface area contributed by atoms with Gasteiger partial charge in [0.25, 0.3) is 0 Å². The van der Waals surface area contributed by atoms with Crippen molar-refractivity contribution < 1.29 is 27.9 Å². The number of sulfonamides is 1. The van der Waals surface area contributed by atoms with E-state index in [9.17, 15) is 18.0 Å². The highest BCUT2D eigenvalue weighted by molar-refractivity contribution is 7.89. The number of methoxy groups -OCH3 is 1. The molecule has 0 spiro atoms. The SMILES string of the molecule is COC(=O)[C@H](C)NS(=O)(=O)c1cc(C(=O)O)n(C)c1. The molecular weight excluding hydrogens is 276 g/mol. The number of aryl methyl sites for hydroxylation is 1. The van der Waals surface area contributed by atoms with Gasteiger partial charge in [-0.05, 0) is 13.0 Å². The molecule has 0 bridgehead atoms. The number of rotatable bonds is 5. The van der Waals surface area contributed by atoms with Gasteiger partial charge in [-0.15, -0.1) is 0 Å². The van der Waals surface area contributed by atoms with Crippen molar-refractivity contribution in [1.29, 1.82) is 0 Å². The lowest BCUT2D eigenvalue weighted by Gasteiger charge is -2.10. The number of carbonyl (C=O) groups excluding carboxylic acids is 1. The summed E-state index contributed by atoms with van der Waals surface area (Å²) in [5, 5.41) is 8.84. The van der Waals surface area contributed by atoms with Crippen molar-refractivity contribution in [2.75, 3.05) is 7.11 Å². The van der Waals surface area contributed by atoms with Crippen molar-refractivity contribution in [1.82, 2.24) is 9.29 Å². The highest BCUT2D eigenvalue weighted by Crippen LogP contribution is 2.14. The van der Waals surface area contributed by atoms with Gasteiger partial charge in [-0.1, -0.05) is 0 Å². The second kappa shape index (κ2) is 5.41. The van der Waals surface area contributed by atoms with Gasteiger partial charge in [0.2, 0.25) is 10.0 Å². The number of ether oxygens (including phenoxy) is 1. The molecule has 0 saturated heterocycles. The smallest absolute Gasteiger partial charge is 0.352 e. The molecule has 1 aromatic rings. The van der Waals surface area contributed by atoms with E-state index < -0.39 is 28.0 Å². The molecule has 0 radical (unpaired) electrons. The number of esters is 1. The van der Waals surface area contributed by atoms with E-state index in [0.717, 1.165) is 19.4 Å². The molecule has 0 aliphatic heterocycles. The molecule has 2 N–H and O–H groups in total. The van der Waals surface area contributed by atoms with E-state index in [0.29, 0.717) is 0 Å². The minimum Gasteiger partial charge on any atom is -0.477 e. The maximum Gasteiger partial charge on any atom is 0.352 e. The average molecular weight is 290 g/mol. The van der Waals surface area contributed by atoms with Crippen LogP contribution in [0.3, 0.4) is 0 Å². The molecule has 0 unspecified atom stereocenters. The Bertz CT molecular complexity index is 604. The summed E-state index contributed by atoms with van der Waals surface area (Å²) in [6, 6.07) is -0.0576. The van der Waals surface area contributed by atoms with Gasteiger partial charge >= 0.3 is 11.9 Å². The van der Waals surface area contributed by atoms with Gasteiger partial charge in [0.1, 0.15) is 16.6 Å². The first-order valence-corrected chi connectivity index (χ1v) is 6.67. The minimum atomic E-state index is -3.98. The molecule has 8 nitrogen and oxygen atoms in total. The number of carboxylic acids is 1. The van der Waals surface area contributed by atoms with Crippen LogP contribution in [0, 0.1) is 0 Å². The summed E-state index contributed by atoms with van der Waals surface area (Å²) < 4.78 is 31.5. The van der Waals surface area contributed by atoms with Crippen LogP contribution in [0.4, 0.5) is 0 Å². The van der Waals surface area contributed by atoms with Crippen LogP contribution in [0.1, 0.15) is 17.4 Å². The van der Waals surface area contributed by atoms with Gasteiger partial charge in [0.05, 0.1) is 7.11 Å². The van der Waals surface area contributed by atoms with Crippen LogP contribution < -0.4 is 4.72 Å². The summed E-state index contributed by atoms with van der Waals surface area (Å²) in [6.45, 7) is 1.32. The molecule has 0 fully saturated rings. The van der Waals surface area contributed by atoms with Gasteiger partial charge in [-0.25, -0.2) is 13.2 Å². The maximum absolute atomic E-state index is 11.9. The highest BCUT2D eigenvalue weighted by Gasteiger charge is 2.25. The van der Waals surface area contributed by atoms with Gasteiger partial charge in [0.15, 0.2) is 0 Å². The summed E-state index contributed by atoms with van der Waals surface area (Å²) in [6.07, 6.45) is 1.15. The number of carboxylic acid groups (broad SMARTS) is 1. The Hall–Kier alpha value is -1.87. The number of aromatic carboxylic acids is 1. The number of hydrogen-bond donors (Lipinski definition) is 2. The van der Waals surface area contributed by atoms with Gasteiger partial charge in [-0.3, -0.25) is 4.79 Å². The molecule has 9 heteroatoms. The fraction of sp³-hybridized carbons (Fsp3) is 0.400. The Morgan fingerprint density at radius 3 is 2.47 bits per heavy atom. The number of carbonyl (C=O) groups is 2. The minimum absolute atomic E-state index is 0.175. The summed E-state index contributed by atoms with van der Waals surface area (Å²) in [7, 11) is -1.44. The summed E-state index contributed by atoms with van der Waals surface area (Å²) >= 11 is 0. The standard InChI is InChI=1S/C10H14N2O6S/c1-6(10(15)18-3)11-19(16,17)7-4-8(9(13)14)12(2)5-7/h4-6,11H,1-3H3,(H,13,14)/t6-/m0/s1. The van der Waals surface area contributed by atoms with Gasteiger partial charge in [0, 0.05) is 13.2 Å². The van der Waals surface area contributed by atoms with Crippen molar-refractivity contribution in [3.63, 3.8) is 0 Å². The zero-order chi connectivity index (χ0) is 14.8. The van der Waals surface area contributed by atoms with E-state index in [1.54, 1.807) is 0 Å². The van der Waals surface area contributed by atoms with E-state index in [2.05, 4.69) is 9.46 Å². The van der Waals surface area contributed by atoms with Crippen molar-refractivity contribution >= 4 is 22.0 Å². The van der Waals surface area contributed by atoms with Crippen LogP contribution in [0.5, 0.6) is 0 Å². The van der Waals surface area contributed by atoms with Crippen molar-refractivity contribution in [2.24, 2.45) is 7.05 Å². The molecule has 1 rings (SSSR count). The average Bonchev–Trinajstić information content (AvgIpc) is 2.70. The Morgan fingerprint density at radius 2 is 2.05 bits per heavy atom. The molecule has 0 aromatic carbocycles. The van der Waals surface area contributed by atoms with Gasteiger partial charge in [-0.2, -0.15) is 4.72 Å². The third kappa shape index (κ3) is 3.32. The van der Waals surface area contributed by atoms with Crippen LogP contribution in [0.2, 0.25) is 0 Å². The predicted octanol–water partition coefficient (Wildman–Crippen LogP) is -0.437. The van der Waals surface area contributed by atoms with Crippen molar-refractivity contribution in [2.45, 2.75) is 17.9 Å². The molecule has 0 saturated carbocycles. The normalized spacial score (nSPS) is 13.0. The van der Waals surface area contributed by atoms with Crippen LogP contribution in [-0.2, 0) is 26.6 Å². The molecular formula is C10H14N2O6S. The zero-order valence-electron chi connectivity index (χ0n) is 10.6. The Labute approximate surface area is 110 Å². The predicted molar refractivity (Wildman–Crippen MR) is 64.2 cm³/mol. The van der Waals surface area contributed by atoms with Crippen molar-refractivity contribution in [3.05, 3.63) is 18.0 Å². The topological polar surface area (TPSA) is 115 Å². The number of nitrogens with one attached hydrogen (secondary N) is 1. The quantitative estimate of drug-likeness (QED) is 0.711. The maximum atomic E-state index is 11.9. The van der Waals surface area contributed by atoms with Crippen LogP contribution in [-0.4, -0.2) is 43.2 Å². The third-order valence-corrected chi connectivity index (χ3v) is 3.90. The fourth-order valence-corrected chi connectivity index (χ4v) is 2.68. The molecule has 0 aliphatic rings. The molecule has 106 valence electrons. The van der Waals surface area contributed by atoms with Crippen LogP contribution >= 0.6 is 0 Å². The number of nitrogens with zero attached hydrogens (tertiary/aromatic N) is 1. The first-order chi connectivity index (χ1) is 8.69. The summed E-state index contributed by atoms with van der Waals surface area (Å²) in [5.74, 6) is -1.98. The lowest BCUT2D eigenvalue weighted by molar-refractivity contribution is -0.142. The molecule has 1 atom stereocenters. The Balaban J connectivity index is 3.04. The van der Waals surface area contributed by atoms with Crippen LogP contribution in [0.25, 0.3) is 0 Å². The number of aromatic nitrogens is 1. The molecule has 1 aromatic heterocycles. The third-order valence-electron chi connectivity index (χ3n) is 2.40. The second-order valence-corrected chi connectivity index (χ2v) is 5.56. The largest absolute Gasteiger partial charge is 0.477 e. The molecule has 1 heterocycles. The highest BCUT2D eigenvalue weighted by atomic mass is 32.2. The Kier molecular flexibility index (Phi) is 4.32. The summed E-state index contributed by atoms with van der Waals surface area (Å²) in [5.41, 5.74) is -0.175. The molecule has 0 amide bonds. The van der Waals surface area contributed by atoms with Crippen molar-refractivity contribution in [3.8, 4) is 0 Å². The first kappa shape index (κ1) is 15.2. The monoisotopic (exact) mass is 290 g/mol. The molecule has 19 heavy (non-hydrogen) atoms. The lowest BCUT2D eigenvalue weighted by Crippen LogP contribution is -2.38. The van der Waals surface area contributed by atoms with E-state index >= 15 is 0 Å². The first-order valence-electron chi connectivity index (χ1n) is 5.19. The van der Waals surface area contributed by atoms with Crippen LogP contribution in [0.15, 0.2) is 17.2 Å². The van der Waals surface area contributed by atoms with Gasteiger partial charge < -0.3 is 14.4 Å². The fourth-order valence-electron chi connectivity index (χ4n) is 1.42. The lowest BCUT2D eigenvalue weighted by atomic mass is 10.4.